The number of rotatable bonds is 2. The molecule has 2 aliphatic rings. The van der Waals surface area contributed by atoms with Crippen LogP contribution in [0.5, 0.6) is 0 Å². The number of hydrogen-bond acceptors (Lipinski definition) is 3. The molecule has 1 unspecified atom stereocenters. The van der Waals surface area contributed by atoms with E-state index in [0.717, 1.165) is 38.9 Å². The highest BCUT2D eigenvalue weighted by molar-refractivity contribution is 5.81. The minimum absolute atomic E-state index is 0.0646. The van der Waals surface area contributed by atoms with Crippen LogP contribution in [0.4, 0.5) is 0 Å². The summed E-state index contributed by atoms with van der Waals surface area (Å²) in [6.07, 6.45) is 5.34. The molecule has 0 radical (unpaired) electrons. The fourth-order valence-electron chi connectivity index (χ4n) is 2.83. The Kier molecular flexibility index (Phi) is 4.40. The number of β-amino-alcohol motifs (C(OH)–C–C–N with tert-alkyl or cyclic N) is 1. The van der Waals surface area contributed by atoms with E-state index >= 15 is 0 Å². The maximum atomic E-state index is 12.3. The second kappa shape index (κ2) is 5.83. The van der Waals surface area contributed by atoms with Gasteiger partial charge in [0.2, 0.25) is 5.91 Å². The summed E-state index contributed by atoms with van der Waals surface area (Å²) in [6.45, 7) is 5.31. The maximum absolute atomic E-state index is 12.3. The molecule has 2 fully saturated rings. The van der Waals surface area contributed by atoms with Crippen molar-refractivity contribution in [2.24, 2.45) is 0 Å². The molecule has 0 aromatic rings. The predicted octanol–water partition coefficient (Wildman–Crippen LogP) is 0.844. The molecule has 4 nitrogen and oxygen atoms in total. The van der Waals surface area contributed by atoms with E-state index in [-0.39, 0.29) is 18.1 Å². The molecule has 2 saturated heterocycles. The van der Waals surface area contributed by atoms with Crippen LogP contribution in [0.15, 0.2) is 0 Å². The summed E-state index contributed by atoms with van der Waals surface area (Å²) in [6, 6.07) is -0.0646. The van der Waals surface area contributed by atoms with Gasteiger partial charge in [0.15, 0.2) is 0 Å². The summed E-state index contributed by atoms with van der Waals surface area (Å²) < 4.78 is 0. The average Bonchev–Trinajstić information content (AvgIpc) is 2.60. The number of carbonyl (C=O) groups excluding carboxylic acids is 1. The molecular weight excluding hydrogens is 216 g/mol. The van der Waals surface area contributed by atoms with Crippen molar-refractivity contribution in [3.8, 4) is 0 Å². The number of aliphatic hydroxyl groups is 1. The summed E-state index contributed by atoms with van der Waals surface area (Å²) in [7, 11) is 0. The van der Waals surface area contributed by atoms with Gasteiger partial charge in [-0.3, -0.25) is 9.69 Å². The van der Waals surface area contributed by atoms with Gasteiger partial charge in [-0.25, -0.2) is 0 Å². The predicted molar refractivity (Wildman–Crippen MR) is 66.7 cm³/mol. The fraction of sp³-hybridized carbons (Fsp3) is 0.923. The topological polar surface area (TPSA) is 43.8 Å². The van der Waals surface area contributed by atoms with Gasteiger partial charge in [0, 0.05) is 26.2 Å². The quantitative estimate of drug-likeness (QED) is 0.778. The summed E-state index contributed by atoms with van der Waals surface area (Å²) in [4.78, 5) is 16.5. The molecule has 0 spiro atoms. The normalized spacial score (nSPS) is 29.1. The van der Waals surface area contributed by atoms with Crippen molar-refractivity contribution in [3.63, 3.8) is 0 Å². The zero-order valence-electron chi connectivity index (χ0n) is 10.8. The van der Waals surface area contributed by atoms with E-state index in [1.165, 1.54) is 12.8 Å². The Labute approximate surface area is 104 Å². The van der Waals surface area contributed by atoms with Gasteiger partial charge in [-0.2, -0.15) is 0 Å². The molecular formula is C13H24N2O2. The minimum atomic E-state index is -0.241. The molecule has 17 heavy (non-hydrogen) atoms. The van der Waals surface area contributed by atoms with Crippen LogP contribution < -0.4 is 0 Å². The molecule has 0 saturated carbocycles. The lowest BCUT2D eigenvalue weighted by Crippen LogP contribution is -2.46. The van der Waals surface area contributed by atoms with Crippen molar-refractivity contribution in [1.29, 1.82) is 0 Å². The first-order chi connectivity index (χ1) is 8.18. The number of nitrogens with zero attached hydrogens (tertiary/aromatic N) is 2. The summed E-state index contributed by atoms with van der Waals surface area (Å²) in [5, 5.41) is 9.52. The van der Waals surface area contributed by atoms with Gasteiger partial charge in [-0.15, -0.1) is 0 Å². The van der Waals surface area contributed by atoms with Gasteiger partial charge in [0.05, 0.1) is 12.1 Å². The van der Waals surface area contributed by atoms with Crippen LogP contribution in [0.2, 0.25) is 0 Å². The SMILES string of the molecule is CC(C(=O)N1CCCCCC1)N1CC[C@@H](O)C1. The number of amides is 1. The molecule has 2 heterocycles. The third kappa shape index (κ3) is 3.19. The van der Waals surface area contributed by atoms with Crippen molar-refractivity contribution in [2.45, 2.75) is 51.2 Å². The molecule has 2 aliphatic heterocycles. The third-order valence-electron chi connectivity index (χ3n) is 4.02. The molecule has 2 atom stereocenters. The lowest BCUT2D eigenvalue weighted by Gasteiger charge is -2.29. The lowest BCUT2D eigenvalue weighted by atomic mass is 10.2. The Morgan fingerprint density at radius 2 is 1.82 bits per heavy atom. The van der Waals surface area contributed by atoms with E-state index in [4.69, 9.17) is 0 Å². The zero-order chi connectivity index (χ0) is 12.3. The van der Waals surface area contributed by atoms with Crippen LogP contribution in [0, 0.1) is 0 Å². The number of carbonyl (C=O) groups is 1. The van der Waals surface area contributed by atoms with E-state index in [0.29, 0.717) is 6.54 Å². The minimum Gasteiger partial charge on any atom is -0.392 e. The van der Waals surface area contributed by atoms with Crippen LogP contribution in [-0.2, 0) is 4.79 Å². The van der Waals surface area contributed by atoms with Gasteiger partial charge < -0.3 is 10.0 Å². The summed E-state index contributed by atoms with van der Waals surface area (Å²) >= 11 is 0. The number of hydrogen-bond donors (Lipinski definition) is 1. The second-order valence-corrected chi connectivity index (χ2v) is 5.35. The monoisotopic (exact) mass is 240 g/mol. The third-order valence-corrected chi connectivity index (χ3v) is 4.02. The standard InChI is InChI=1S/C13H24N2O2/c1-11(15-9-6-12(16)10-15)13(17)14-7-4-2-3-5-8-14/h11-12,16H,2-10H2,1H3/t11?,12-/m1/s1. The lowest BCUT2D eigenvalue weighted by molar-refractivity contribution is -0.136. The first-order valence-corrected chi connectivity index (χ1v) is 6.89. The Morgan fingerprint density at radius 1 is 1.18 bits per heavy atom. The fourth-order valence-corrected chi connectivity index (χ4v) is 2.83. The Morgan fingerprint density at radius 3 is 2.35 bits per heavy atom. The van der Waals surface area contributed by atoms with Crippen LogP contribution in [0.25, 0.3) is 0 Å². The smallest absolute Gasteiger partial charge is 0.239 e. The van der Waals surface area contributed by atoms with Crippen LogP contribution >= 0.6 is 0 Å². The maximum Gasteiger partial charge on any atom is 0.239 e. The van der Waals surface area contributed by atoms with E-state index < -0.39 is 0 Å². The van der Waals surface area contributed by atoms with Gasteiger partial charge in [0.1, 0.15) is 0 Å². The molecule has 98 valence electrons. The van der Waals surface area contributed by atoms with Crippen molar-refractivity contribution in [3.05, 3.63) is 0 Å². The molecule has 0 aliphatic carbocycles. The first-order valence-electron chi connectivity index (χ1n) is 6.89. The van der Waals surface area contributed by atoms with Crippen molar-refractivity contribution < 1.29 is 9.90 Å². The van der Waals surface area contributed by atoms with Gasteiger partial charge in [-0.1, -0.05) is 12.8 Å². The molecule has 0 aromatic carbocycles. The van der Waals surface area contributed by atoms with Crippen LogP contribution in [0.3, 0.4) is 0 Å². The molecule has 1 amide bonds. The van der Waals surface area contributed by atoms with Crippen molar-refractivity contribution >= 4 is 5.91 Å². The molecule has 2 rings (SSSR count). The van der Waals surface area contributed by atoms with E-state index in [9.17, 15) is 9.90 Å². The Balaban J connectivity index is 1.89. The Bertz CT molecular complexity index is 262. The molecule has 0 bridgehead atoms. The highest BCUT2D eigenvalue weighted by atomic mass is 16.3. The highest BCUT2D eigenvalue weighted by Crippen LogP contribution is 2.16. The summed E-state index contributed by atoms with van der Waals surface area (Å²) in [5.41, 5.74) is 0. The number of likely N-dealkylation sites (tertiary alicyclic amines) is 2. The molecule has 4 heteroatoms. The van der Waals surface area contributed by atoms with Gasteiger partial charge in [0.25, 0.3) is 0 Å². The largest absolute Gasteiger partial charge is 0.392 e. The van der Waals surface area contributed by atoms with Crippen LogP contribution in [-0.4, -0.2) is 59.1 Å². The van der Waals surface area contributed by atoms with E-state index in [1.807, 2.05) is 11.8 Å². The first kappa shape index (κ1) is 12.8. The van der Waals surface area contributed by atoms with E-state index in [2.05, 4.69) is 4.90 Å². The average molecular weight is 240 g/mol. The highest BCUT2D eigenvalue weighted by Gasteiger charge is 2.31. The van der Waals surface area contributed by atoms with Crippen LogP contribution in [0.1, 0.15) is 39.0 Å². The summed E-state index contributed by atoms with van der Waals surface area (Å²) in [5.74, 6) is 0.251. The van der Waals surface area contributed by atoms with Crippen molar-refractivity contribution in [1.82, 2.24) is 9.80 Å². The van der Waals surface area contributed by atoms with Gasteiger partial charge >= 0.3 is 0 Å². The second-order valence-electron chi connectivity index (χ2n) is 5.35. The zero-order valence-corrected chi connectivity index (χ0v) is 10.8. The number of aliphatic hydroxyl groups excluding tert-OH is 1. The molecule has 1 N–H and O–H groups in total. The molecule has 0 aromatic heterocycles. The van der Waals surface area contributed by atoms with Gasteiger partial charge in [-0.05, 0) is 26.2 Å². The van der Waals surface area contributed by atoms with Crippen molar-refractivity contribution in [2.75, 3.05) is 26.2 Å². The van der Waals surface area contributed by atoms with E-state index in [1.54, 1.807) is 0 Å². The Hall–Kier alpha value is -0.610.